The first-order valence-corrected chi connectivity index (χ1v) is 7.54. The average molecular weight is 319 g/mol. The largest absolute Gasteiger partial charge is 0.366 e. The Labute approximate surface area is 139 Å². The van der Waals surface area contributed by atoms with Crippen LogP contribution in [-0.4, -0.2) is 16.8 Å². The lowest BCUT2D eigenvalue weighted by atomic mass is 10.1. The molecule has 0 bridgehead atoms. The molecular weight excluding hydrogens is 302 g/mol. The van der Waals surface area contributed by atoms with E-state index in [0.29, 0.717) is 16.9 Å². The summed E-state index contributed by atoms with van der Waals surface area (Å²) in [5, 5.41) is 3.65. The third-order valence-corrected chi connectivity index (χ3v) is 3.85. The Morgan fingerprint density at radius 2 is 1.75 bits per heavy atom. The summed E-state index contributed by atoms with van der Waals surface area (Å²) in [6.45, 7) is 3.77. The van der Waals surface area contributed by atoms with Crippen LogP contribution in [0.15, 0.2) is 48.5 Å². The maximum atomic E-state index is 12.6. The third kappa shape index (κ3) is 2.96. The predicted molar refractivity (Wildman–Crippen MR) is 94.1 cm³/mol. The van der Waals surface area contributed by atoms with Crippen LogP contribution in [0.1, 0.15) is 32.0 Å². The number of rotatable bonds is 3. The molecule has 0 fully saturated rings. The molecule has 1 aromatic heterocycles. The van der Waals surface area contributed by atoms with Crippen LogP contribution >= 0.6 is 0 Å². The van der Waals surface area contributed by atoms with Crippen molar-refractivity contribution in [2.75, 3.05) is 5.32 Å². The van der Waals surface area contributed by atoms with Crippen molar-refractivity contribution in [3.8, 4) is 0 Å². The van der Waals surface area contributed by atoms with Crippen molar-refractivity contribution in [1.29, 1.82) is 0 Å². The van der Waals surface area contributed by atoms with E-state index in [1.54, 1.807) is 31.2 Å². The number of primary amides is 1. The number of nitrogens with two attached hydrogens (primary N) is 1. The van der Waals surface area contributed by atoms with Crippen LogP contribution in [0.5, 0.6) is 0 Å². The number of hydrogen-bond donors (Lipinski definition) is 2. The highest BCUT2D eigenvalue weighted by atomic mass is 16.2. The fraction of sp³-hybridized carbons (Fsp3) is 0.105. The van der Waals surface area contributed by atoms with Gasteiger partial charge in [-0.25, -0.2) is 0 Å². The number of anilines is 1. The first-order chi connectivity index (χ1) is 11.5. The van der Waals surface area contributed by atoms with Gasteiger partial charge in [-0.05, 0) is 44.2 Å². The molecular formula is C19H17N3O2. The Balaban J connectivity index is 2.00. The van der Waals surface area contributed by atoms with Gasteiger partial charge in [0.15, 0.2) is 0 Å². The molecule has 0 saturated carbocycles. The van der Waals surface area contributed by atoms with E-state index in [-0.39, 0.29) is 11.5 Å². The van der Waals surface area contributed by atoms with Crippen molar-refractivity contribution in [3.63, 3.8) is 0 Å². The zero-order valence-electron chi connectivity index (χ0n) is 13.5. The lowest BCUT2D eigenvalue weighted by Crippen LogP contribution is -2.19. The molecule has 2 aromatic carbocycles. The van der Waals surface area contributed by atoms with Crippen LogP contribution in [0, 0.1) is 13.8 Å². The molecule has 0 atom stereocenters. The van der Waals surface area contributed by atoms with Gasteiger partial charge in [-0.15, -0.1) is 0 Å². The van der Waals surface area contributed by atoms with Gasteiger partial charge >= 0.3 is 0 Å². The maximum Gasteiger partial charge on any atom is 0.257 e. The van der Waals surface area contributed by atoms with Gasteiger partial charge in [-0.3, -0.25) is 14.6 Å². The van der Waals surface area contributed by atoms with Crippen LogP contribution in [0.2, 0.25) is 0 Å². The van der Waals surface area contributed by atoms with E-state index in [2.05, 4.69) is 10.3 Å². The van der Waals surface area contributed by atoms with E-state index in [0.717, 1.165) is 16.5 Å². The predicted octanol–water partition coefficient (Wildman–Crippen LogP) is 3.20. The highest BCUT2D eigenvalue weighted by molar-refractivity contribution is 6.10. The SMILES string of the molecule is Cc1ccc2nc(C)c(C(=O)Nc3ccccc3C(N)=O)cc2c1. The molecule has 3 rings (SSSR count). The zero-order chi connectivity index (χ0) is 17.3. The number of pyridine rings is 1. The molecule has 0 spiro atoms. The Hall–Kier alpha value is -3.21. The second-order valence-electron chi connectivity index (χ2n) is 5.68. The maximum absolute atomic E-state index is 12.6. The molecule has 5 nitrogen and oxygen atoms in total. The fourth-order valence-corrected chi connectivity index (χ4v) is 2.62. The monoisotopic (exact) mass is 319 g/mol. The average Bonchev–Trinajstić information content (AvgIpc) is 2.54. The van der Waals surface area contributed by atoms with Crippen molar-refractivity contribution in [2.45, 2.75) is 13.8 Å². The Kier molecular flexibility index (Phi) is 4.00. The van der Waals surface area contributed by atoms with E-state index < -0.39 is 5.91 Å². The molecule has 0 aliphatic heterocycles. The summed E-state index contributed by atoms with van der Waals surface area (Å²) in [4.78, 5) is 28.6. The number of nitrogens with one attached hydrogen (secondary N) is 1. The van der Waals surface area contributed by atoms with Gasteiger partial charge in [-0.2, -0.15) is 0 Å². The van der Waals surface area contributed by atoms with Crippen molar-refractivity contribution in [3.05, 3.63) is 70.9 Å². The van der Waals surface area contributed by atoms with Crippen molar-refractivity contribution < 1.29 is 9.59 Å². The second-order valence-corrected chi connectivity index (χ2v) is 5.68. The zero-order valence-corrected chi connectivity index (χ0v) is 13.5. The molecule has 0 aliphatic rings. The molecule has 1 heterocycles. The van der Waals surface area contributed by atoms with Crippen LogP contribution in [-0.2, 0) is 0 Å². The minimum atomic E-state index is -0.588. The van der Waals surface area contributed by atoms with Gasteiger partial charge in [0.05, 0.1) is 28.0 Å². The highest BCUT2D eigenvalue weighted by Gasteiger charge is 2.15. The summed E-state index contributed by atoms with van der Waals surface area (Å²) in [5.41, 5.74) is 9.03. The summed E-state index contributed by atoms with van der Waals surface area (Å²) in [6, 6.07) is 14.4. The fourth-order valence-electron chi connectivity index (χ4n) is 2.62. The van der Waals surface area contributed by atoms with Gasteiger partial charge < -0.3 is 11.1 Å². The lowest BCUT2D eigenvalue weighted by molar-refractivity contribution is 0.100. The number of aryl methyl sites for hydroxylation is 2. The normalized spacial score (nSPS) is 10.6. The summed E-state index contributed by atoms with van der Waals surface area (Å²) < 4.78 is 0. The summed E-state index contributed by atoms with van der Waals surface area (Å²) in [6.07, 6.45) is 0. The summed E-state index contributed by atoms with van der Waals surface area (Å²) in [5.74, 6) is -0.910. The number of para-hydroxylation sites is 1. The molecule has 3 aromatic rings. The molecule has 2 amide bonds. The minimum absolute atomic E-state index is 0.271. The molecule has 5 heteroatoms. The van der Waals surface area contributed by atoms with E-state index in [1.165, 1.54) is 0 Å². The number of carbonyl (C=O) groups excluding carboxylic acids is 2. The van der Waals surface area contributed by atoms with Crippen LogP contribution in [0.4, 0.5) is 5.69 Å². The Bertz CT molecular complexity index is 964. The lowest BCUT2D eigenvalue weighted by Gasteiger charge is -2.11. The molecule has 120 valence electrons. The molecule has 0 aliphatic carbocycles. The Morgan fingerprint density at radius 3 is 2.50 bits per heavy atom. The number of aromatic nitrogens is 1. The van der Waals surface area contributed by atoms with Crippen LogP contribution in [0.3, 0.4) is 0 Å². The third-order valence-electron chi connectivity index (χ3n) is 3.85. The molecule has 0 radical (unpaired) electrons. The number of amides is 2. The van der Waals surface area contributed by atoms with Crippen LogP contribution < -0.4 is 11.1 Å². The highest BCUT2D eigenvalue weighted by Crippen LogP contribution is 2.20. The topological polar surface area (TPSA) is 85.1 Å². The van der Waals surface area contributed by atoms with Gasteiger partial charge in [0.1, 0.15) is 0 Å². The van der Waals surface area contributed by atoms with Gasteiger partial charge in [0.25, 0.3) is 11.8 Å². The number of benzene rings is 2. The second kappa shape index (κ2) is 6.12. The summed E-state index contributed by atoms with van der Waals surface area (Å²) >= 11 is 0. The molecule has 3 N–H and O–H groups in total. The van der Waals surface area contributed by atoms with Crippen LogP contribution in [0.25, 0.3) is 10.9 Å². The molecule has 0 unspecified atom stereocenters. The number of fused-ring (bicyclic) bond motifs is 1. The van der Waals surface area contributed by atoms with Gasteiger partial charge in [0.2, 0.25) is 0 Å². The number of hydrogen-bond acceptors (Lipinski definition) is 3. The first kappa shape index (κ1) is 15.7. The summed E-state index contributed by atoms with van der Waals surface area (Å²) in [7, 11) is 0. The minimum Gasteiger partial charge on any atom is -0.366 e. The van der Waals surface area contributed by atoms with Crippen molar-refractivity contribution >= 4 is 28.4 Å². The number of nitrogens with zero attached hydrogens (tertiary/aromatic N) is 1. The van der Waals surface area contributed by atoms with Gasteiger partial charge in [0, 0.05) is 5.39 Å². The quantitative estimate of drug-likeness (QED) is 0.777. The van der Waals surface area contributed by atoms with Crippen molar-refractivity contribution in [1.82, 2.24) is 4.98 Å². The molecule has 0 saturated heterocycles. The Morgan fingerprint density at radius 1 is 1.00 bits per heavy atom. The van der Waals surface area contributed by atoms with E-state index >= 15 is 0 Å². The smallest absolute Gasteiger partial charge is 0.257 e. The van der Waals surface area contributed by atoms with E-state index in [9.17, 15) is 9.59 Å². The van der Waals surface area contributed by atoms with Gasteiger partial charge in [-0.1, -0.05) is 23.8 Å². The van der Waals surface area contributed by atoms with Crippen molar-refractivity contribution in [2.24, 2.45) is 5.73 Å². The van der Waals surface area contributed by atoms with E-state index in [1.807, 2.05) is 31.2 Å². The van der Waals surface area contributed by atoms with E-state index in [4.69, 9.17) is 5.73 Å². The molecule has 24 heavy (non-hydrogen) atoms. The number of carbonyl (C=O) groups is 2. The first-order valence-electron chi connectivity index (χ1n) is 7.54. The standard InChI is InChI=1S/C19H17N3O2/c1-11-7-8-16-13(9-11)10-15(12(2)21-16)19(24)22-17-6-4-3-5-14(17)18(20)23/h3-10H,1-2H3,(H2,20,23)(H,22,24).